The van der Waals surface area contributed by atoms with Crippen molar-refractivity contribution in [3.05, 3.63) is 124 Å². The molecule has 14 nitrogen and oxygen atoms in total. The molecule has 0 saturated carbocycles. The molecule has 16 heteroatoms. The number of halogens is 2. The van der Waals surface area contributed by atoms with Gasteiger partial charge in [0.15, 0.2) is 5.82 Å². The van der Waals surface area contributed by atoms with Gasteiger partial charge in [-0.05, 0) is 53.6 Å². The Bertz CT molecular complexity index is 2930. The molecule has 0 bridgehead atoms. The Morgan fingerprint density at radius 3 is 2.23 bits per heavy atom. The van der Waals surface area contributed by atoms with Crippen LogP contribution in [0.2, 0.25) is 10.0 Å². The molecule has 252 valence electrons. The van der Waals surface area contributed by atoms with E-state index >= 15 is 0 Å². The zero-order chi connectivity index (χ0) is 35.1. The number of hydrogen-bond donors (Lipinski definition) is 2. The Kier molecular flexibility index (Phi) is 6.65. The monoisotopic (exact) mass is 724 g/mol. The van der Waals surface area contributed by atoms with E-state index in [0.717, 1.165) is 27.7 Å². The third kappa shape index (κ3) is 4.51. The van der Waals surface area contributed by atoms with Crippen molar-refractivity contribution in [1.29, 1.82) is 0 Å². The lowest BCUT2D eigenvalue weighted by Gasteiger charge is -2.27. The maximum atomic E-state index is 14.3. The first-order valence-electron chi connectivity index (χ1n) is 16.1. The quantitative estimate of drug-likeness (QED) is 0.212. The number of hydrogen-bond acceptors (Lipinski definition) is 8. The first kappa shape index (κ1) is 30.2. The Morgan fingerprint density at radius 1 is 0.731 bits per heavy atom. The van der Waals surface area contributed by atoms with E-state index in [9.17, 15) is 9.59 Å². The van der Waals surface area contributed by atoms with Gasteiger partial charge in [0.25, 0.3) is 11.5 Å². The molecule has 0 unspecified atom stereocenters. The fourth-order valence-electron chi connectivity index (χ4n) is 7.02. The van der Waals surface area contributed by atoms with E-state index in [1.54, 1.807) is 58.4 Å². The summed E-state index contributed by atoms with van der Waals surface area (Å²) in [6, 6.07) is 20.3. The number of nitrogens with zero attached hydrogens (tertiary/aromatic N) is 10. The minimum atomic E-state index is -0.320. The van der Waals surface area contributed by atoms with Crippen LogP contribution in [-0.2, 0) is 6.54 Å². The summed E-state index contributed by atoms with van der Waals surface area (Å²) in [5.41, 5.74) is 7.02. The minimum absolute atomic E-state index is 0.237. The maximum Gasteiger partial charge on any atom is 0.282 e. The molecule has 0 aliphatic carbocycles. The van der Waals surface area contributed by atoms with Crippen LogP contribution in [0, 0.1) is 0 Å². The number of carbonyl (C=O) groups is 1. The fraction of sp³-hybridized carbons (Fsp3) is 0.0556. The van der Waals surface area contributed by atoms with Crippen LogP contribution in [0.3, 0.4) is 0 Å². The van der Waals surface area contributed by atoms with Crippen molar-refractivity contribution in [2.45, 2.75) is 6.54 Å². The molecule has 52 heavy (non-hydrogen) atoms. The predicted octanol–water partition coefficient (Wildman–Crippen LogP) is 6.19. The average molecular weight is 726 g/mol. The van der Waals surface area contributed by atoms with E-state index in [1.165, 1.54) is 10.9 Å². The zero-order valence-electron chi connectivity index (χ0n) is 26.7. The number of rotatable bonds is 5. The van der Waals surface area contributed by atoms with Gasteiger partial charge in [-0.3, -0.25) is 24.5 Å². The Balaban J connectivity index is 1.08. The van der Waals surface area contributed by atoms with Crippen molar-refractivity contribution >= 4 is 62.6 Å². The molecule has 7 aromatic heterocycles. The highest BCUT2D eigenvalue weighted by Crippen LogP contribution is 2.38. The van der Waals surface area contributed by atoms with Crippen LogP contribution in [0.1, 0.15) is 10.5 Å². The number of fused-ring (bicyclic) bond motifs is 6. The number of anilines is 1. The zero-order valence-corrected chi connectivity index (χ0v) is 28.2. The summed E-state index contributed by atoms with van der Waals surface area (Å²) in [5.74, 6) is 0.745. The predicted molar refractivity (Wildman–Crippen MR) is 196 cm³/mol. The number of nitrogens with one attached hydrogen (secondary N) is 2. The van der Waals surface area contributed by atoms with Gasteiger partial charge in [-0.15, -0.1) is 20.4 Å². The molecule has 9 aromatic rings. The molecule has 0 fully saturated rings. The Morgan fingerprint density at radius 2 is 1.48 bits per heavy atom. The van der Waals surface area contributed by atoms with E-state index in [-0.39, 0.29) is 17.4 Å². The molecular weight excluding hydrogens is 703 g/mol. The lowest BCUT2D eigenvalue weighted by molar-refractivity contribution is 0.0965. The largest absolute Gasteiger partial charge is 0.333 e. The highest BCUT2D eigenvalue weighted by Gasteiger charge is 2.34. The SMILES string of the molecule is O=C1c2c(-c3ccc(Cl)cc3)c3ncccc3n2CCN1c1nnc(-c2cnc3c(-c4ccc(Cl)cc4)c4c(=O)n(-c5nnc[nH]5)ccn4c3c2)[nH]1. The molecule has 1 aliphatic rings. The molecule has 8 heterocycles. The van der Waals surface area contributed by atoms with E-state index in [0.29, 0.717) is 68.3 Å². The molecule has 0 radical (unpaired) electrons. The number of H-pyrrole nitrogens is 2. The van der Waals surface area contributed by atoms with Gasteiger partial charge in [0, 0.05) is 64.6 Å². The Labute approximate surface area is 301 Å². The van der Waals surface area contributed by atoms with Crippen LogP contribution >= 0.6 is 23.2 Å². The number of aromatic nitrogens is 11. The van der Waals surface area contributed by atoms with Crippen LogP contribution in [0.25, 0.3) is 67.2 Å². The van der Waals surface area contributed by atoms with Crippen molar-refractivity contribution in [1.82, 2.24) is 53.9 Å². The summed E-state index contributed by atoms with van der Waals surface area (Å²) in [6.07, 6.45) is 8.20. The van der Waals surface area contributed by atoms with Crippen molar-refractivity contribution < 1.29 is 4.79 Å². The second-order valence-corrected chi connectivity index (χ2v) is 13.1. The van der Waals surface area contributed by atoms with Gasteiger partial charge in [-0.2, -0.15) is 0 Å². The minimum Gasteiger partial charge on any atom is -0.333 e. The smallest absolute Gasteiger partial charge is 0.282 e. The number of aromatic amines is 2. The van der Waals surface area contributed by atoms with E-state index in [1.807, 2.05) is 47.0 Å². The van der Waals surface area contributed by atoms with Crippen molar-refractivity contribution in [3.8, 4) is 39.6 Å². The average Bonchev–Trinajstić information content (AvgIpc) is 3.98. The normalized spacial score (nSPS) is 13.1. The highest BCUT2D eigenvalue weighted by atomic mass is 35.5. The first-order valence-corrected chi connectivity index (χ1v) is 16.9. The maximum absolute atomic E-state index is 14.3. The van der Waals surface area contributed by atoms with E-state index < -0.39 is 0 Å². The van der Waals surface area contributed by atoms with E-state index in [4.69, 9.17) is 28.2 Å². The number of pyridine rings is 2. The summed E-state index contributed by atoms with van der Waals surface area (Å²) in [4.78, 5) is 45.6. The number of benzene rings is 2. The highest BCUT2D eigenvalue weighted by molar-refractivity contribution is 6.31. The number of carbonyl (C=O) groups excluding carboxylic acids is 1. The molecule has 0 saturated heterocycles. The summed E-state index contributed by atoms with van der Waals surface area (Å²) >= 11 is 12.4. The van der Waals surface area contributed by atoms with Gasteiger partial charge in [0.1, 0.15) is 17.5 Å². The Hall–Kier alpha value is -6.64. The fourth-order valence-corrected chi connectivity index (χ4v) is 7.27. The van der Waals surface area contributed by atoms with Crippen molar-refractivity contribution in [2.75, 3.05) is 11.4 Å². The second-order valence-electron chi connectivity index (χ2n) is 12.2. The first-order chi connectivity index (χ1) is 25.4. The molecule has 0 spiro atoms. The van der Waals surface area contributed by atoms with Gasteiger partial charge < -0.3 is 18.9 Å². The molecule has 2 aromatic carbocycles. The summed E-state index contributed by atoms with van der Waals surface area (Å²) in [7, 11) is 0. The van der Waals surface area contributed by atoms with Crippen molar-refractivity contribution in [2.24, 2.45) is 0 Å². The summed E-state index contributed by atoms with van der Waals surface area (Å²) in [5, 5.41) is 17.9. The van der Waals surface area contributed by atoms with E-state index in [2.05, 4.69) is 35.3 Å². The summed E-state index contributed by atoms with van der Waals surface area (Å²) in [6.45, 7) is 0.886. The standard InChI is InChI=1S/C36H22Cl2N12O2/c37-22-7-3-19(4-8-22)26-28-24(2-1-11-39-28)47-12-15-50(34(52)30(26)47)36-43-32(44-46-36)21-16-25-29(40-17-21)27(20-5-9-23(38)10-6-20)31-33(51)49(14-13-48(25)31)35-41-18-42-45-35/h1-11,13-14,16-18H,12,15H2,(H,41,42,45)(H,43,44,46). The van der Waals surface area contributed by atoms with Crippen molar-refractivity contribution in [3.63, 3.8) is 0 Å². The molecule has 1 aliphatic heterocycles. The lowest BCUT2D eigenvalue weighted by Crippen LogP contribution is -2.41. The van der Waals surface area contributed by atoms with Gasteiger partial charge in [-0.25, -0.2) is 4.57 Å². The van der Waals surface area contributed by atoms with Crippen LogP contribution in [0.4, 0.5) is 5.95 Å². The lowest BCUT2D eigenvalue weighted by atomic mass is 10.0. The van der Waals surface area contributed by atoms with Crippen LogP contribution in [-0.4, -0.2) is 66.3 Å². The van der Waals surface area contributed by atoms with Gasteiger partial charge in [0.05, 0.1) is 22.1 Å². The molecule has 2 N–H and O–H groups in total. The van der Waals surface area contributed by atoms with Gasteiger partial charge in [-0.1, -0.05) is 47.5 Å². The van der Waals surface area contributed by atoms with Crippen LogP contribution in [0.15, 0.2) is 103 Å². The van der Waals surface area contributed by atoms with Crippen LogP contribution < -0.4 is 10.5 Å². The third-order valence-corrected chi connectivity index (χ3v) is 9.85. The van der Waals surface area contributed by atoms with Gasteiger partial charge >= 0.3 is 0 Å². The molecule has 1 amide bonds. The molecular formula is C36H22Cl2N12O2. The molecule has 0 atom stereocenters. The number of amides is 1. The third-order valence-electron chi connectivity index (χ3n) is 9.35. The van der Waals surface area contributed by atoms with Crippen LogP contribution in [0.5, 0.6) is 0 Å². The molecule has 10 rings (SSSR count). The van der Waals surface area contributed by atoms with Gasteiger partial charge in [0.2, 0.25) is 11.9 Å². The topological polar surface area (TPSA) is 161 Å². The summed E-state index contributed by atoms with van der Waals surface area (Å²) < 4.78 is 5.20. The second kappa shape index (κ2) is 11.4.